The smallest absolute Gasteiger partial charge is 0.135 e. The average Bonchev–Trinajstić information content (AvgIpc) is 3.61. The molecule has 1 aliphatic heterocycles. The zero-order valence-corrected chi connectivity index (χ0v) is 29.0. The lowest BCUT2D eigenvalue weighted by molar-refractivity contribution is -0.0821. The van der Waals surface area contributed by atoms with Crippen LogP contribution in [0.2, 0.25) is 0 Å². The van der Waals surface area contributed by atoms with Gasteiger partial charge in [-0.15, -0.1) is 0 Å². The Morgan fingerprint density at radius 2 is 1.67 bits per heavy atom. The van der Waals surface area contributed by atoms with E-state index >= 15 is 0 Å². The lowest BCUT2D eigenvalue weighted by Gasteiger charge is -2.58. The Morgan fingerprint density at radius 3 is 2.33 bits per heavy atom. The highest BCUT2D eigenvalue weighted by molar-refractivity contribution is 5.52. The summed E-state index contributed by atoms with van der Waals surface area (Å²) in [4.78, 5) is 7.34. The third kappa shape index (κ3) is 6.46. The van der Waals surface area contributed by atoms with Crippen LogP contribution in [0.15, 0.2) is 30.5 Å². The maximum Gasteiger partial charge on any atom is 0.135 e. The van der Waals surface area contributed by atoms with E-state index in [2.05, 4.69) is 76.5 Å². The van der Waals surface area contributed by atoms with Gasteiger partial charge in [-0.3, -0.25) is 0 Å². The predicted octanol–water partition coefficient (Wildman–Crippen LogP) is 11.5. The Hall–Kier alpha value is -1.51. The molecule has 8 atom stereocenters. The minimum absolute atomic E-state index is 0.469. The van der Waals surface area contributed by atoms with Gasteiger partial charge in [0.1, 0.15) is 11.6 Å². The molecule has 0 aromatic carbocycles. The van der Waals surface area contributed by atoms with Gasteiger partial charge in [-0.2, -0.15) is 0 Å². The van der Waals surface area contributed by atoms with Gasteiger partial charge in [0.05, 0.1) is 0 Å². The van der Waals surface area contributed by atoms with E-state index in [0.29, 0.717) is 16.9 Å². The second-order valence-electron chi connectivity index (χ2n) is 15.0. The molecule has 3 nitrogen and oxygen atoms in total. The number of nitrogens with zero attached hydrogens (tertiary/aromatic N) is 2. The Kier molecular flexibility index (Phi) is 11.5. The summed E-state index contributed by atoms with van der Waals surface area (Å²) in [5, 5.41) is 3.89. The predicted molar refractivity (Wildman–Crippen MR) is 184 cm³/mol. The molecule has 6 rings (SSSR count). The third-order valence-electron chi connectivity index (χ3n) is 13.0. The number of fused-ring (bicyclic) bond motifs is 5. The van der Waals surface area contributed by atoms with Crippen LogP contribution in [0.5, 0.6) is 0 Å². The van der Waals surface area contributed by atoms with Gasteiger partial charge in [-0.25, -0.2) is 4.98 Å². The van der Waals surface area contributed by atoms with Crippen LogP contribution in [0.4, 0.5) is 11.6 Å². The van der Waals surface area contributed by atoms with Crippen molar-refractivity contribution in [3.05, 3.63) is 30.5 Å². The van der Waals surface area contributed by atoms with E-state index < -0.39 is 0 Å². The Labute approximate surface area is 261 Å². The van der Waals surface area contributed by atoms with Gasteiger partial charge in [-0.1, -0.05) is 80.4 Å². The van der Waals surface area contributed by atoms with Crippen molar-refractivity contribution in [3.8, 4) is 0 Å². The van der Waals surface area contributed by atoms with E-state index in [1.165, 1.54) is 89.2 Å². The largest absolute Gasteiger partial charge is 0.367 e. The number of nitrogens with one attached hydrogen (secondary N) is 1. The normalized spacial score (nSPS) is 35.4. The van der Waals surface area contributed by atoms with Crippen LogP contribution < -0.4 is 10.2 Å². The summed E-state index contributed by atoms with van der Waals surface area (Å²) in [6.45, 7) is 23.6. The first-order valence-corrected chi connectivity index (χ1v) is 18.5. The van der Waals surface area contributed by atoms with E-state index in [-0.39, 0.29) is 0 Å². The van der Waals surface area contributed by atoms with Crippen LogP contribution in [-0.4, -0.2) is 17.6 Å². The summed E-state index contributed by atoms with van der Waals surface area (Å²) >= 11 is 0. The topological polar surface area (TPSA) is 28.2 Å². The van der Waals surface area contributed by atoms with E-state index in [0.717, 1.165) is 60.1 Å². The molecule has 4 aliphatic carbocycles. The second kappa shape index (κ2) is 14.5. The van der Waals surface area contributed by atoms with Crippen LogP contribution in [0.1, 0.15) is 145 Å². The molecule has 1 aromatic rings. The molecule has 0 spiro atoms. The number of pyridine rings is 1. The summed E-state index contributed by atoms with van der Waals surface area (Å²) in [5.41, 5.74) is 2.37. The zero-order chi connectivity index (χ0) is 30.5. The highest BCUT2D eigenvalue weighted by Crippen LogP contribution is 2.66. The van der Waals surface area contributed by atoms with Crippen LogP contribution >= 0.6 is 0 Å². The summed E-state index contributed by atoms with van der Waals surface area (Å²) in [7, 11) is 0. The molecular weight excluding hydrogens is 510 g/mol. The highest BCUT2D eigenvalue weighted by atomic mass is 15.2. The molecule has 1 saturated heterocycles. The van der Waals surface area contributed by atoms with E-state index in [1.807, 2.05) is 13.8 Å². The van der Waals surface area contributed by atoms with Crippen molar-refractivity contribution < 1.29 is 0 Å². The molecule has 0 amide bonds. The number of hydrogen-bond acceptors (Lipinski definition) is 3. The van der Waals surface area contributed by atoms with Gasteiger partial charge in [0.25, 0.3) is 0 Å². The molecule has 4 saturated carbocycles. The lowest BCUT2D eigenvalue weighted by atomic mass is 9.47. The first kappa shape index (κ1) is 33.4. The fourth-order valence-corrected chi connectivity index (χ4v) is 10.8. The maximum absolute atomic E-state index is 5.03. The monoisotopic (exact) mass is 578 g/mol. The van der Waals surface area contributed by atoms with E-state index in [1.54, 1.807) is 0 Å². The lowest BCUT2D eigenvalue weighted by Crippen LogP contribution is -2.51. The fraction of sp³-hybridized carbons (Fsp3) is 0.821. The number of aromatic nitrogens is 1. The van der Waals surface area contributed by atoms with Crippen LogP contribution in [-0.2, 0) is 0 Å². The number of rotatable bonds is 6. The fourth-order valence-electron chi connectivity index (χ4n) is 10.8. The van der Waals surface area contributed by atoms with Crippen molar-refractivity contribution in [2.75, 3.05) is 16.8 Å². The van der Waals surface area contributed by atoms with Gasteiger partial charge in [0.2, 0.25) is 0 Å². The minimum atomic E-state index is 0.469. The van der Waals surface area contributed by atoms with Crippen molar-refractivity contribution in [2.24, 2.45) is 46.3 Å². The van der Waals surface area contributed by atoms with Crippen molar-refractivity contribution in [1.29, 1.82) is 0 Å². The Morgan fingerprint density at radius 1 is 0.952 bits per heavy atom. The molecule has 8 unspecified atom stereocenters. The van der Waals surface area contributed by atoms with Gasteiger partial charge < -0.3 is 10.2 Å². The number of allylic oxidation sites excluding steroid dienone is 1. The summed E-state index contributed by atoms with van der Waals surface area (Å²) in [5.74, 6) is 7.89. The van der Waals surface area contributed by atoms with Gasteiger partial charge >= 0.3 is 0 Å². The van der Waals surface area contributed by atoms with Crippen molar-refractivity contribution >= 4 is 11.6 Å². The zero-order valence-electron chi connectivity index (χ0n) is 29.0. The van der Waals surface area contributed by atoms with E-state index in [9.17, 15) is 0 Å². The molecule has 0 bridgehead atoms. The summed E-state index contributed by atoms with van der Waals surface area (Å²) in [6.07, 6.45) is 19.8. The van der Waals surface area contributed by atoms with Crippen LogP contribution in [0, 0.1) is 46.3 Å². The maximum atomic E-state index is 5.03. The van der Waals surface area contributed by atoms with Crippen molar-refractivity contribution in [2.45, 2.75) is 151 Å². The van der Waals surface area contributed by atoms with Crippen molar-refractivity contribution in [3.63, 3.8) is 0 Å². The van der Waals surface area contributed by atoms with Gasteiger partial charge in [0, 0.05) is 18.3 Å². The molecule has 1 N–H and O–H groups in total. The first-order valence-electron chi connectivity index (χ1n) is 18.5. The van der Waals surface area contributed by atoms with E-state index in [4.69, 9.17) is 4.98 Å². The second-order valence-corrected chi connectivity index (χ2v) is 15.0. The third-order valence-corrected chi connectivity index (χ3v) is 13.0. The highest BCUT2D eigenvalue weighted by Gasteiger charge is 2.58. The molecular formula is C39H67N3. The Balaban J connectivity index is 0.000000763. The number of hydrogen-bond donors (Lipinski definition) is 1. The molecule has 1 aromatic heterocycles. The molecule has 2 heterocycles. The standard InChI is InChI=1S/C34H53N3.C3H8.C2H6/c1-6-34(7-2)20-18-26-25(22-34)13-14-28-27(26)17-19-33(5)29(15-16-30(28)33)24(4)35-31-11-8-12-32(36-31)37-21-9-10-23(37)3;1-3-2;1-2/h8,11-12,24-30H,3,6-7,9-10,13-22H2,1-2,4-5H3,(H,35,36);3H2,1-2H3;1-2H3. The van der Waals surface area contributed by atoms with Crippen LogP contribution in [0.3, 0.4) is 0 Å². The molecule has 3 heteroatoms. The Bertz CT molecular complexity index is 997. The first-order chi connectivity index (χ1) is 20.3. The number of anilines is 2. The molecule has 0 radical (unpaired) electrons. The molecule has 238 valence electrons. The van der Waals surface area contributed by atoms with Gasteiger partial charge in [0.15, 0.2) is 0 Å². The average molecular weight is 578 g/mol. The summed E-state index contributed by atoms with van der Waals surface area (Å²) < 4.78 is 0. The minimum Gasteiger partial charge on any atom is -0.367 e. The molecule has 5 fully saturated rings. The quantitative estimate of drug-likeness (QED) is 0.364. The molecule has 5 aliphatic rings. The van der Waals surface area contributed by atoms with Crippen LogP contribution in [0.25, 0.3) is 0 Å². The summed E-state index contributed by atoms with van der Waals surface area (Å²) in [6, 6.07) is 6.95. The molecule has 42 heavy (non-hydrogen) atoms. The SMILES string of the molecule is C=C1CCCN1c1cccc(NC(C)C2CCC3C4CCC5CC(CC)(CC)CCC5C4CCC23C)n1.CC.CCC. The van der Waals surface area contributed by atoms with Crippen molar-refractivity contribution in [1.82, 2.24) is 4.98 Å². The van der Waals surface area contributed by atoms with Gasteiger partial charge in [-0.05, 0) is 136 Å².